The highest BCUT2D eigenvalue weighted by atomic mass is 16.4. The first-order valence-corrected chi connectivity index (χ1v) is 11.4. The molecule has 188 valence electrons. The molecular weight excluding hydrogens is 432 g/mol. The zero-order valence-electron chi connectivity index (χ0n) is 19.4. The number of hydrogen-bond donors (Lipinski definition) is 6. The summed E-state index contributed by atoms with van der Waals surface area (Å²) in [5.41, 5.74) is 16.6. The Kier molecular flexibility index (Phi) is 11.8. The molecule has 4 unspecified atom stereocenters. The molecule has 1 heterocycles. The molecule has 1 rings (SSSR count). The molecule has 0 spiro atoms. The van der Waals surface area contributed by atoms with E-state index in [0.717, 1.165) is 6.42 Å². The van der Waals surface area contributed by atoms with Gasteiger partial charge in [0.25, 0.3) is 0 Å². The Labute approximate surface area is 194 Å². The fraction of sp³-hybridized carbons (Fsp3) is 0.762. The van der Waals surface area contributed by atoms with Gasteiger partial charge in [0.2, 0.25) is 23.6 Å². The van der Waals surface area contributed by atoms with E-state index in [2.05, 4.69) is 10.6 Å². The van der Waals surface area contributed by atoms with Crippen LogP contribution in [0, 0.1) is 5.92 Å². The van der Waals surface area contributed by atoms with Crippen molar-refractivity contribution < 1.29 is 29.1 Å². The van der Waals surface area contributed by atoms with E-state index in [1.165, 1.54) is 4.90 Å². The molecule has 0 aromatic rings. The second kappa shape index (κ2) is 13.7. The van der Waals surface area contributed by atoms with Crippen LogP contribution >= 0.6 is 0 Å². The van der Waals surface area contributed by atoms with Crippen molar-refractivity contribution >= 4 is 29.6 Å². The molecule has 0 aromatic carbocycles. The highest BCUT2D eigenvalue weighted by molar-refractivity contribution is 5.94. The number of primary amides is 1. The number of amides is 4. The van der Waals surface area contributed by atoms with Crippen molar-refractivity contribution in [2.45, 2.75) is 83.0 Å². The van der Waals surface area contributed by atoms with Crippen LogP contribution in [0.5, 0.6) is 0 Å². The van der Waals surface area contributed by atoms with E-state index in [-0.39, 0.29) is 25.3 Å². The molecule has 0 aromatic heterocycles. The van der Waals surface area contributed by atoms with Crippen LogP contribution in [0.25, 0.3) is 0 Å². The van der Waals surface area contributed by atoms with Crippen molar-refractivity contribution in [2.75, 3.05) is 13.1 Å². The van der Waals surface area contributed by atoms with Crippen molar-refractivity contribution in [3.8, 4) is 0 Å². The van der Waals surface area contributed by atoms with Crippen LogP contribution in [-0.4, -0.2) is 76.9 Å². The van der Waals surface area contributed by atoms with Crippen molar-refractivity contribution in [1.82, 2.24) is 15.5 Å². The first-order chi connectivity index (χ1) is 15.5. The highest BCUT2D eigenvalue weighted by Gasteiger charge is 2.38. The molecule has 9 N–H and O–H groups in total. The summed E-state index contributed by atoms with van der Waals surface area (Å²) in [7, 11) is 0. The van der Waals surface area contributed by atoms with Crippen molar-refractivity contribution in [2.24, 2.45) is 23.1 Å². The summed E-state index contributed by atoms with van der Waals surface area (Å²) in [5, 5.41) is 14.6. The minimum Gasteiger partial charge on any atom is -0.480 e. The summed E-state index contributed by atoms with van der Waals surface area (Å²) >= 11 is 0. The zero-order valence-corrected chi connectivity index (χ0v) is 19.4. The fourth-order valence-electron chi connectivity index (χ4n) is 3.73. The second-order valence-corrected chi connectivity index (χ2v) is 8.72. The van der Waals surface area contributed by atoms with Gasteiger partial charge in [-0.25, -0.2) is 4.79 Å². The van der Waals surface area contributed by atoms with E-state index in [0.29, 0.717) is 32.2 Å². The summed E-state index contributed by atoms with van der Waals surface area (Å²) in [6.45, 7) is 4.18. The summed E-state index contributed by atoms with van der Waals surface area (Å²) in [4.78, 5) is 62.5. The molecule has 1 aliphatic rings. The van der Waals surface area contributed by atoms with Gasteiger partial charge in [-0.1, -0.05) is 20.3 Å². The average Bonchev–Trinajstić information content (AvgIpc) is 3.24. The third kappa shape index (κ3) is 8.97. The van der Waals surface area contributed by atoms with Gasteiger partial charge in [0.15, 0.2) is 0 Å². The van der Waals surface area contributed by atoms with Gasteiger partial charge in [0.05, 0.1) is 6.04 Å². The molecule has 4 atom stereocenters. The van der Waals surface area contributed by atoms with Gasteiger partial charge in [0, 0.05) is 13.0 Å². The van der Waals surface area contributed by atoms with E-state index in [1.54, 1.807) is 13.8 Å². The lowest BCUT2D eigenvalue weighted by Crippen LogP contribution is -2.58. The Bertz CT molecular complexity index is 715. The van der Waals surface area contributed by atoms with Crippen LogP contribution in [0.15, 0.2) is 0 Å². The molecule has 0 bridgehead atoms. The van der Waals surface area contributed by atoms with E-state index >= 15 is 0 Å². The van der Waals surface area contributed by atoms with Crippen LogP contribution in [-0.2, 0) is 24.0 Å². The minimum atomic E-state index is -1.15. The maximum Gasteiger partial charge on any atom is 0.326 e. The molecule has 12 nitrogen and oxygen atoms in total. The van der Waals surface area contributed by atoms with Gasteiger partial charge in [-0.2, -0.15) is 0 Å². The zero-order chi connectivity index (χ0) is 25.1. The van der Waals surface area contributed by atoms with E-state index in [1.807, 2.05) is 0 Å². The van der Waals surface area contributed by atoms with Gasteiger partial charge in [-0.05, 0) is 44.6 Å². The predicted molar refractivity (Wildman–Crippen MR) is 120 cm³/mol. The lowest BCUT2D eigenvalue weighted by atomic mass is 10.0. The Hall–Kier alpha value is -2.73. The molecule has 33 heavy (non-hydrogen) atoms. The molecule has 12 heteroatoms. The average molecular weight is 471 g/mol. The third-order valence-electron chi connectivity index (χ3n) is 5.67. The minimum absolute atomic E-state index is 0.0832. The van der Waals surface area contributed by atoms with Crippen molar-refractivity contribution in [3.05, 3.63) is 0 Å². The standard InChI is InChI=1S/C21H38N6O6/c1-12(2)17(26-18(29)13(23)6-3-4-10-22)19(30)25-14(8-9-16(24)28)20(31)27-11-5-7-15(27)21(32)33/h12-15,17H,3-11,22-23H2,1-2H3,(H2,24,28)(H,25,30)(H,26,29)(H,32,33). The number of unbranched alkanes of at least 4 members (excludes halogenated alkanes) is 1. The quantitative estimate of drug-likeness (QED) is 0.162. The van der Waals surface area contributed by atoms with Crippen molar-refractivity contribution in [1.29, 1.82) is 0 Å². The first kappa shape index (κ1) is 28.3. The smallest absolute Gasteiger partial charge is 0.326 e. The summed E-state index contributed by atoms with van der Waals surface area (Å²) in [6.07, 6.45) is 2.39. The molecule has 1 fully saturated rings. The lowest BCUT2D eigenvalue weighted by molar-refractivity contribution is -0.149. The molecule has 0 saturated carbocycles. The maximum absolute atomic E-state index is 13.1. The highest BCUT2D eigenvalue weighted by Crippen LogP contribution is 2.20. The SMILES string of the molecule is CC(C)C(NC(=O)C(N)CCCCN)C(=O)NC(CCC(N)=O)C(=O)N1CCCC1C(=O)O. The second-order valence-electron chi connectivity index (χ2n) is 8.72. The maximum atomic E-state index is 13.1. The van der Waals surface area contributed by atoms with Crippen LogP contribution in [0.2, 0.25) is 0 Å². The number of nitrogens with one attached hydrogen (secondary N) is 2. The van der Waals surface area contributed by atoms with Gasteiger partial charge in [-0.15, -0.1) is 0 Å². The number of carbonyl (C=O) groups is 5. The number of aliphatic carboxylic acids is 1. The van der Waals surface area contributed by atoms with Crippen LogP contribution in [0.4, 0.5) is 0 Å². The summed E-state index contributed by atoms with van der Waals surface area (Å²) in [5.74, 6) is -3.82. The Balaban J connectivity index is 2.93. The third-order valence-corrected chi connectivity index (χ3v) is 5.67. The van der Waals surface area contributed by atoms with Crippen LogP contribution in [0.1, 0.15) is 58.8 Å². The lowest BCUT2D eigenvalue weighted by Gasteiger charge is -2.29. The summed E-state index contributed by atoms with van der Waals surface area (Å²) in [6, 6.07) is -3.92. The van der Waals surface area contributed by atoms with E-state index in [9.17, 15) is 29.1 Å². The summed E-state index contributed by atoms with van der Waals surface area (Å²) < 4.78 is 0. The number of rotatable bonds is 14. The first-order valence-electron chi connectivity index (χ1n) is 11.4. The van der Waals surface area contributed by atoms with Crippen LogP contribution in [0.3, 0.4) is 0 Å². The predicted octanol–water partition coefficient (Wildman–Crippen LogP) is -1.59. The van der Waals surface area contributed by atoms with Crippen molar-refractivity contribution in [3.63, 3.8) is 0 Å². The number of likely N-dealkylation sites (tertiary alicyclic amines) is 1. The normalized spacial score (nSPS) is 18.5. The van der Waals surface area contributed by atoms with Gasteiger partial charge < -0.3 is 37.8 Å². The largest absolute Gasteiger partial charge is 0.480 e. The number of nitrogens with two attached hydrogens (primary N) is 3. The Morgan fingerprint density at radius 3 is 2.27 bits per heavy atom. The topological polar surface area (TPSA) is 211 Å². The number of nitrogens with zero attached hydrogens (tertiary/aromatic N) is 1. The van der Waals surface area contributed by atoms with Gasteiger partial charge in [0.1, 0.15) is 18.1 Å². The van der Waals surface area contributed by atoms with Crippen LogP contribution < -0.4 is 27.8 Å². The molecule has 0 radical (unpaired) electrons. The number of hydrogen-bond acceptors (Lipinski definition) is 7. The Morgan fingerprint density at radius 2 is 1.73 bits per heavy atom. The van der Waals surface area contributed by atoms with Gasteiger partial charge in [-0.3, -0.25) is 19.2 Å². The molecule has 0 aliphatic carbocycles. The number of carboxylic acids is 1. The van der Waals surface area contributed by atoms with Gasteiger partial charge >= 0.3 is 5.97 Å². The van der Waals surface area contributed by atoms with E-state index < -0.39 is 53.8 Å². The monoisotopic (exact) mass is 470 g/mol. The molecular formula is C21H38N6O6. The fourth-order valence-corrected chi connectivity index (χ4v) is 3.73. The molecule has 1 saturated heterocycles. The Morgan fingerprint density at radius 1 is 1.06 bits per heavy atom. The van der Waals surface area contributed by atoms with E-state index in [4.69, 9.17) is 17.2 Å². The molecule has 1 aliphatic heterocycles. The molecule has 4 amide bonds. The number of carboxylic acid groups (broad SMARTS) is 1. The number of carbonyl (C=O) groups excluding carboxylic acids is 4.